The molecule has 0 fully saturated rings. The van der Waals surface area contributed by atoms with Gasteiger partial charge in [-0.2, -0.15) is 0 Å². The Morgan fingerprint density at radius 1 is 0.271 bits per heavy atom. The van der Waals surface area contributed by atoms with Crippen LogP contribution in [0.15, 0.2) is 206 Å². The van der Waals surface area contributed by atoms with Gasteiger partial charge < -0.3 is 9.80 Å². The summed E-state index contributed by atoms with van der Waals surface area (Å²) >= 11 is 0. The van der Waals surface area contributed by atoms with Gasteiger partial charge in [0.15, 0.2) is 0 Å². The van der Waals surface area contributed by atoms with Crippen LogP contribution >= 0.6 is 0 Å². The molecule has 0 aliphatic rings. The van der Waals surface area contributed by atoms with Crippen molar-refractivity contribution in [2.75, 3.05) is 9.80 Å². The van der Waals surface area contributed by atoms with E-state index in [1.807, 2.05) is 0 Å². The SMILES string of the molecule is c1ccc(-c2cc3c(-c4ccccc4)cc(N(c4ccccc4)c4ccccc4)cc3cc2N(c2ccccc2)c2ccccc2)cc1. The minimum Gasteiger partial charge on any atom is -0.310 e. The molecule has 0 heterocycles. The van der Waals surface area contributed by atoms with E-state index in [4.69, 9.17) is 0 Å². The molecule has 0 saturated carbocycles. The predicted octanol–water partition coefficient (Wildman–Crippen LogP) is 13.1. The summed E-state index contributed by atoms with van der Waals surface area (Å²) in [6, 6.07) is 73.5. The first-order chi connectivity index (χ1) is 23.8. The fourth-order valence-electron chi connectivity index (χ4n) is 6.59. The van der Waals surface area contributed by atoms with Gasteiger partial charge in [-0.15, -0.1) is 0 Å². The lowest BCUT2D eigenvalue weighted by Gasteiger charge is -2.30. The molecule has 228 valence electrons. The average molecular weight is 615 g/mol. The lowest BCUT2D eigenvalue weighted by atomic mass is 9.92. The highest BCUT2D eigenvalue weighted by atomic mass is 15.1. The summed E-state index contributed by atoms with van der Waals surface area (Å²) < 4.78 is 0. The minimum absolute atomic E-state index is 1.10. The molecule has 0 amide bonds. The number of para-hydroxylation sites is 4. The Labute approximate surface area is 282 Å². The van der Waals surface area contributed by atoms with Crippen molar-refractivity contribution in [2.24, 2.45) is 0 Å². The van der Waals surface area contributed by atoms with E-state index in [1.165, 1.54) is 27.6 Å². The van der Waals surface area contributed by atoms with E-state index < -0.39 is 0 Å². The van der Waals surface area contributed by atoms with Crippen molar-refractivity contribution in [1.82, 2.24) is 0 Å². The summed E-state index contributed by atoms with van der Waals surface area (Å²) in [5.74, 6) is 0. The lowest BCUT2D eigenvalue weighted by Crippen LogP contribution is -2.12. The van der Waals surface area contributed by atoms with Gasteiger partial charge in [0.25, 0.3) is 0 Å². The molecule has 8 aromatic rings. The van der Waals surface area contributed by atoms with Crippen LogP contribution in [0, 0.1) is 0 Å². The zero-order valence-electron chi connectivity index (χ0n) is 26.5. The van der Waals surface area contributed by atoms with E-state index in [0.717, 1.165) is 39.5 Å². The molecule has 8 aromatic carbocycles. The normalized spacial score (nSPS) is 10.9. The maximum absolute atomic E-state index is 2.39. The van der Waals surface area contributed by atoms with Gasteiger partial charge in [-0.1, -0.05) is 133 Å². The van der Waals surface area contributed by atoms with E-state index in [1.54, 1.807) is 0 Å². The Kier molecular flexibility index (Phi) is 7.96. The number of hydrogen-bond acceptors (Lipinski definition) is 2. The van der Waals surface area contributed by atoms with Crippen LogP contribution in [-0.4, -0.2) is 0 Å². The zero-order chi connectivity index (χ0) is 32.1. The molecule has 0 N–H and O–H groups in total. The van der Waals surface area contributed by atoms with Gasteiger partial charge >= 0.3 is 0 Å². The first kappa shape index (κ1) is 29.1. The molecule has 0 spiro atoms. The third-order valence-electron chi connectivity index (χ3n) is 8.78. The van der Waals surface area contributed by atoms with Crippen molar-refractivity contribution in [2.45, 2.75) is 0 Å². The van der Waals surface area contributed by atoms with Crippen LogP contribution < -0.4 is 9.80 Å². The van der Waals surface area contributed by atoms with Crippen molar-refractivity contribution in [3.63, 3.8) is 0 Å². The molecule has 0 radical (unpaired) electrons. The van der Waals surface area contributed by atoms with E-state index >= 15 is 0 Å². The van der Waals surface area contributed by atoms with E-state index in [0.29, 0.717) is 0 Å². The molecule has 0 bridgehead atoms. The van der Waals surface area contributed by atoms with Crippen LogP contribution in [-0.2, 0) is 0 Å². The quantitative estimate of drug-likeness (QED) is 0.168. The standard InChI is InChI=1S/C46H34N2/c1-7-19-35(20-8-1)43-33-42(47(38-23-11-3-12-24-38)39-25-13-4-14-26-39)31-37-32-46(45(34-44(37)43)36-21-9-2-10-22-36)48(40-27-15-5-16-28-40)41-29-17-6-18-30-41/h1-34H. The van der Waals surface area contributed by atoms with Crippen molar-refractivity contribution in [1.29, 1.82) is 0 Å². The summed E-state index contributed by atoms with van der Waals surface area (Å²) in [4.78, 5) is 4.73. The Bertz CT molecular complexity index is 2170. The summed E-state index contributed by atoms with van der Waals surface area (Å²) in [5.41, 5.74) is 11.4. The average Bonchev–Trinajstić information content (AvgIpc) is 3.17. The fourth-order valence-corrected chi connectivity index (χ4v) is 6.59. The number of hydrogen-bond donors (Lipinski definition) is 0. The Morgan fingerprint density at radius 2 is 0.646 bits per heavy atom. The third-order valence-corrected chi connectivity index (χ3v) is 8.78. The van der Waals surface area contributed by atoms with Crippen molar-refractivity contribution >= 4 is 44.9 Å². The van der Waals surface area contributed by atoms with Gasteiger partial charge in [0.05, 0.1) is 5.69 Å². The van der Waals surface area contributed by atoms with Crippen LogP contribution in [0.25, 0.3) is 33.0 Å². The first-order valence-electron chi connectivity index (χ1n) is 16.4. The number of fused-ring (bicyclic) bond motifs is 1. The molecule has 0 saturated heterocycles. The highest BCUT2D eigenvalue weighted by Gasteiger charge is 2.21. The first-order valence-corrected chi connectivity index (χ1v) is 16.4. The van der Waals surface area contributed by atoms with Crippen molar-refractivity contribution in [3.8, 4) is 22.3 Å². The summed E-state index contributed by atoms with van der Waals surface area (Å²) in [7, 11) is 0. The van der Waals surface area contributed by atoms with E-state index in [9.17, 15) is 0 Å². The number of benzene rings is 8. The van der Waals surface area contributed by atoms with Crippen LogP contribution in [0.2, 0.25) is 0 Å². The smallest absolute Gasteiger partial charge is 0.0546 e. The zero-order valence-corrected chi connectivity index (χ0v) is 26.5. The van der Waals surface area contributed by atoms with Gasteiger partial charge in [0.2, 0.25) is 0 Å². The molecule has 0 aliphatic carbocycles. The van der Waals surface area contributed by atoms with Crippen LogP contribution in [0.5, 0.6) is 0 Å². The fraction of sp³-hybridized carbons (Fsp3) is 0. The second kappa shape index (κ2) is 13.2. The Balaban J connectivity index is 1.46. The maximum Gasteiger partial charge on any atom is 0.0546 e. The molecule has 2 heteroatoms. The number of nitrogens with zero attached hydrogens (tertiary/aromatic N) is 2. The lowest BCUT2D eigenvalue weighted by molar-refractivity contribution is 1.28. The Hall–Kier alpha value is -6.38. The molecule has 0 unspecified atom stereocenters. The molecular formula is C46H34N2. The maximum atomic E-state index is 2.39. The van der Waals surface area contributed by atoms with Gasteiger partial charge in [-0.3, -0.25) is 0 Å². The van der Waals surface area contributed by atoms with Gasteiger partial charge in [-0.05, 0) is 100 Å². The summed E-state index contributed by atoms with van der Waals surface area (Å²) in [5, 5.41) is 2.37. The second-order valence-corrected chi connectivity index (χ2v) is 11.8. The topological polar surface area (TPSA) is 6.48 Å². The van der Waals surface area contributed by atoms with Gasteiger partial charge in [0, 0.05) is 34.0 Å². The molecule has 48 heavy (non-hydrogen) atoms. The molecule has 8 rings (SSSR count). The van der Waals surface area contributed by atoms with Crippen molar-refractivity contribution < 1.29 is 0 Å². The molecule has 0 aromatic heterocycles. The van der Waals surface area contributed by atoms with Crippen molar-refractivity contribution in [3.05, 3.63) is 206 Å². The molecule has 0 atom stereocenters. The minimum atomic E-state index is 1.10. The monoisotopic (exact) mass is 614 g/mol. The van der Waals surface area contributed by atoms with E-state index in [-0.39, 0.29) is 0 Å². The summed E-state index contributed by atoms with van der Waals surface area (Å²) in [6.45, 7) is 0. The summed E-state index contributed by atoms with van der Waals surface area (Å²) in [6.07, 6.45) is 0. The highest BCUT2D eigenvalue weighted by molar-refractivity contribution is 6.06. The van der Waals surface area contributed by atoms with Crippen LogP contribution in [0.1, 0.15) is 0 Å². The van der Waals surface area contributed by atoms with Crippen LogP contribution in [0.3, 0.4) is 0 Å². The van der Waals surface area contributed by atoms with E-state index in [2.05, 4.69) is 216 Å². The molecule has 0 aliphatic heterocycles. The number of anilines is 6. The van der Waals surface area contributed by atoms with Crippen LogP contribution in [0.4, 0.5) is 34.1 Å². The highest BCUT2D eigenvalue weighted by Crippen LogP contribution is 2.46. The predicted molar refractivity (Wildman–Crippen MR) is 204 cm³/mol. The third kappa shape index (κ3) is 5.72. The van der Waals surface area contributed by atoms with Gasteiger partial charge in [-0.25, -0.2) is 0 Å². The van der Waals surface area contributed by atoms with Gasteiger partial charge in [0.1, 0.15) is 0 Å². The molecular weight excluding hydrogens is 581 g/mol. The molecule has 2 nitrogen and oxygen atoms in total. The number of rotatable bonds is 8. The largest absolute Gasteiger partial charge is 0.310 e. The second-order valence-electron chi connectivity index (χ2n) is 11.8. The Morgan fingerprint density at radius 3 is 1.08 bits per heavy atom.